The van der Waals surface area contributed by atoms with E-state index in [1.807, 2.05) is 0 Å². The van der Waals surface area contributed by atoms with Crippen LogP contribution in [0.5, 0.6) is 0 Å². The number of fused-ring (bicyclic) bond motifs is 3. The standard InChI is InChI=1S/C10H18O2/c1-2-10-5-3-9(7-11,4-6-10)8-12-10/h11H,2-8H2,1H3. The van der Waals surface area contributed by atoms with Gasteiger partial charge in [0.2, 0.25) is 0 Å². The lowest BCUT2D eigenvalue weighted by atomic mass is 9.66. The molecule has 0 aromatic rings. The number of hydrogen-bond donors (Lipinski definition) is 1. The zero-order valence-electron chi connectivity index (χ0n) is 7.81. The lowest BCUT2D eigenvalue weighted by Gasteiger charge is -2.52. The SMILES string of the molecule is CCC12CCC(CO)(CC1)CO2. The summed E-state index contributed by atoms with van der Waals surface area (Å²) in [5.41, 5.74) is 0.327. The zero-order valence-corrected chi connectivity index (χ0v) is 7.81. The molecule has 1 N–H and O–H groups in total. The largest absolute Gasteiger partial charge is 0.396 e. The molecule has 1 saturated carbocycles. The molecule has 3 rings (SSSR count). The summed E-state index contributed by atoms with van der Waals surface area (Å²) >= 11 is 0. The Hall–Kier alpha value is -0.0800. The van der Waals surface area contributed by atoms with Crippen LogP contribution in [0.25, 0.3) is 0 Å². The Labute approximate surface area is 73.9 Å². The fourth-order valence-electron chi connectivity index (χ4n) is 2.49. The molecule has 70 valence electrons. The van der Waals surface area contributed by atoms with Crippen LogP contribution in [-0.2, 0) is 4.74 Å². The molecule has 2 bridgehead atoms. The zero-order chi connectivity index (χ0) is 8.66. The van der Waals surface area contributed by atoms with Gasteiger partial charge in [-0.25, -0.2) is 0 Å². The van der Waals surface area contributed by atoms with E-state index < -0.39 is 0 Å². The molecule has 2 aliphatic heterocycles. The van der Waals surface area contributed by atoms with Crippen LogP contribution in [-0.4, -0.2) is 23.9 Å². The highest BCUT2D eigenvalue weighted by Crippen LogP contribution is 2.49. The van der Waals surface area contributed by atoms with E-state index >= 15 is 0 Å². The minimum atomic E-state index is 0.136. The Morgan fingerprint density at radius 3 is 2.25 bits per heavy atom. The fourth-order valence-corrected chi connectivity index (χ4v) is 2.49. The number of rotatable bonds is 2. The second kappa shape index (κ2) is 2.71. The van der Waals surface area contributed by atoms with Crippen molar-refractivity contribution in [3.8, 4) is 0 Å². The van der Waals surface area contributed by atoms with E-state index in [0.717, 1.165) is 38.7 Å². The maximum absolute atomic E-state index is 9.24. The van der Waals surface area contributed by atoms with Crippen molar-refractivity contribution in [1.82, 2.24) is 0 Å². The van der Waals surface area contributed by atoms with Gasteiger partial charge in [-0.2, -0.15) is 0 Å². The van der Waals surface area contributed by atoms with Crippen molar-refractivity contribution < 1.29 is 9.84 Å². The summed E-state index contributed by atoms with van der Waals surface area (Å²) in [6.45, 7) is 3.31. The van der Waals surface area contributed by atoms with Crippen molar-refractivity contribution >= 4 is 0 Å². The molecule has 2 saturated heterocycles. The molecule has 3 aliphatic rings. The first-order chi connectivity index (χ1) is 5.74. The topological polar surface area (TPSA) is 29.5 Å². The van der Waals surface area contributed by atoms with Crippen molar-refractivity contribution in [3.05, 3.63) is 0 Å². The molecule has 0 amide bonds. The van der Waals surface area contributed by atoms with Gasteiger partial charge in [-0.1, -0.05) is 6.92 Å². The molecule has 2 heteroatoms. The first-order valence-corrected chi connectivity index (χ1v) is 4.99. The lowest BCUT2D eigenvalue weighted by Crippen LogP contribution is -2.52. The van der Waals surface area contributed by atoms with Gasteiger partial charge in [0.1, 0.15) is 0 Å². The second-order valence-corrected chi connectivity index (χ2v) is 4.48. The Balaban J connectivity index is 2.09. The number of hydrogen-bond acceptors (Lipinski definition) is 2. The van der Waals surface area contributed by atoms with Gasteiger partial charge in [-0.3, -0.25) is 0 Å². The van der Waals surface area contributed by atoms with Crippen molar-refractivity contribution in [2.24, 2.45) is 5.41 Å². The Bertz CT molecular complexity index is 132. The summed E-state index contributed by atoms with van der Waals surface area (Å²) in [5, 5.41) is 9.24. The fraction of sp³-hybridized carbons (Fsp3) is 1.00. The third-order valence-corrected chi connectivity index (χ3v) is 3.89. The molecular formula is C10H18O2. The minimum absolute atomic E-state index is 0.136. The van der Waals surface area contributed by atoms with E-state index in [1.165, 1.54) is 0 Å². The molecular weight excluding hydrogens is 152 g/mol. The summed E-state index contributed by atoms with van der Waals surface area (Å²) < 4.78 is 5.85. The predicted octanol–water partition coefficient (Wildman–Crippen LogP) is 1.72. The molecule has 12 heavy (non-hydrogen) atoms. The van der Waals surface area contributed by atoms with E-state index in [1.54, 1.807) is 0 Å². The van der Waals surface area contributed by atoms with E-state index in [9.17, 15) is 5.11 Å². The summed E-state index contributed by atoms with van der Waals surface area (Å²) in [4.78, 5) is 0. The molecule has 0 atom stereocenters. The van der Waals surface area contributed by atoms with Gasteiger partial charge in [0.25, 0.3) is 0 Å². The summed E-state index contributed by atoms with van der Waals surface area (Å²) in [7, 11) is 0. The van der Waals surface area contributed by atoms with E-state index in [2.05, 4.69) is 6.92 Å². The maximum atomic E-state index is 9.24. The van der Waals surface area contributed by atoms with Gasteiger partial charge in [-0.15, -0.1) is 0 Å². The average Bonchev–Trinajstić information content (AvgIpc) is 2.21. The van der Waals surface area contributed by atoms with Gasteiger partial charge >= 0.3 is 0 Å². The van der Waals surface area contributed by atoms with Crippen LogP contribution in [0.1, 0.15) is 39.0 Å². The molecule has 0 aromatic heterocycles. The number of aliphatic hydroxyl groups excluding tert-OH is 1. The van der Waals surface area contributed by atoms with E-state index in [0.29, 0.717) is 6.61 Å². The summed E-state index contributed by atoms with van der Waals surface area (Å²) in [6.07, 6.45) is 5.78. The minimum Gasteiger partial charge on any atom is -0.396 e. The number of aliphatic hydroxyl groups is 1. The third kappa shape index (κ3) is 1.09. The van der Waals surface area contributed by atoms with Gasteiger partial charge in [0.15, 0.2) is 0 Å². The van der Waals surface area contributed by atoms with Crippen LogP contribution in [0, 0.1) is 5.41 Å². The van der Waals surface area contributed by atoms with Crippen LogP contribution in [0.3, 0.4) is 0 Å². The van der Waals surface area contributed by atoms with Crippen LogP contribution < -0.4 is 0 Å². The molecule has 1 aliphatic carbocycles. The highest BCUT2D eigenvalue weighted by Gasteiger charge is 2.48. The third-order valence-electron chi connectivity index (χ3n) is 3.89. The summed E-state index contributed by atoms with van der Waals surface area (Å²) in [5.74, 6) is 0. The molecule has 0 radical (unpaired) electrons. The quantitative estimate of drug-likeness (QED) is 0.683. The second-order valence-electron chi connectivity index (χ2n) is 4.48. The molecule has 0 spiro atoms. The van der Waals surface area contributed by atoms with Crippen LogP contribution in [0.15, 0.2) is 0 Å². The van der Waals surface area contributed by atoms with Crippen LogP contribution in [0.2, 0.25) is 0 Å². The normalized spacial score (nSPS) is 46.5. The van der Waals surface area contributed by atoms with Crippen molar-refractivity contribution in [3.63, 3.8) is 0 Å². The highest BCUT2D eigenvalue weighted by molar-refractivity contribution is 4.98. The lowest BCUT2D eigenvalue weighted by molar-refractivity contribution is -0.194. The van der Waals surface area contributed by atoms with E-state index in [4.69, 9.17) is 4.74 Å². The average molecular weight is 170 g/mol. The van der Waals surface area contributed by atoms with Gasteiger partial charge in [-0.05, 0) is 32.1 Å². The smallest absolute Gasteiger partial charge is 0.0680 e. The highest BCUT2D eigenvalue weighted by atomic mass is 16.5. The van der Waals surface area contributed by atoms with Crippen LogP contribution in [0.4, 0.5) is 0 Å². The van der Waals surface area contributed by atoms with Crippen LogP contribution >= 0.6 is 0 Å². The Kier molecular flexibility index (Phi) is 1.92. The molecule has 3 fully saturated rings. The van der Waals surface area contributed by atoms with Crippen molar-refractivity contribution in [2.45, 2.75) is 44.6 Å². The number of ether oxygens (including phenoxy) is 1. The molecule has 0 aromatic carbocycles. The maximum Gasteiger partial charge on any atom is 0.0680 e. The Morgan fingerprint density at radius 2 is 1.92 bits per heavy atom. The Morgan fingerprint density at radius 1 is 1.25 bits per heavy atom. The predicted molar refractivity (Wildman–Crippen MR) is 47.0 cm³/mol. The molecule has 0 unspecified atom stereocenters. The molecule has 2 nitrogen and oxygen atoms in total. The van der Waals surface area contributed by atoms with E-state index in [-0.39, 0.29) is 11.0 Å². The van der Waals surface area contributed by atoms with Crippen molar-refractivity contribution in [2.75, 3.05) is 13.2 Å². The first-order valence-electron chi connectivity index (χ1n) is 4.99. The first kappa shape index (κ1) is 8.52. The van der Waals surface area contributed by atoms with Gasteiger partial charge < -0.3 is 9.84 Å². The van der Waals surface area contributed by atoms with Gasteiger partial charge in [0, 0.05) is 5.41 Å². The molecule has 2 heterocycles. The van der Waals surface area contributed by atoms with Crippen molar-refractivity contribution in [1.29, 1.82) is 0 Å². The van der Waals surface area contributed by atoms with Gasteiger partial charge in [0.05, 0.1) is 18.8 Å². The monoisotopic (exact) mass is 170 g/mol. The summed E-state index contributed by atoms with van der Waals surface area (Å²) in [6, 6.07) is 0.